The summed E-state index contributed by atoms with van der Waals surface area (Å²) in [6.45, 7) is 5.03. The van der Waals surface area contributed by atoms with Gasteiger partial charge < -0.3 is 13.8 Å². The SMILES string of the molecule is Cc1noc(C)c1CC(=O)N1CCC(c2nnc(-c3nccc4ccccc34)o2)CC1. The molecule has 0 bridgehead atoms. The van der Waals surface area contributed by atoms with Crippen LogP contribution in [0.15, 0.2) is 45.5 Å². The van der Waals surface area contributed by atoms with Crippen molar-refractivity contribution in [1.82, 2.24) is 25.2 Å². The first kappa shape index (κ1) is 19.4. The molecule has 3 aromatic heterocycles. The Morgan fingerprint density at radius 2 is 1.94 bits per heavy atom. The first-order valence-corrected chi connectivity index (χ1v) is 10.5. The molecular formula is C23H23N5O3. The number of aryl methyl sites for hydroxylation is 2. The number of aromatic nitrogens is 4. The van der Waals surface area contributed by atoms with Gasteiger partial charge in [0.05, 0.1) is 12.1 Å². The second-order valence-electron chi connectivity index (χ2n) is 7.96. The zero-order valence-electron chi connectivity index (χ0n) is 17.5. The van der Waals surface area contributed by atoms with Crippen LogP contribution in [-0.4, -0.2) is 44.2 Å². The molecule has 0 saturated carbocycles. The van der Waals surface area contributed by atoms with Crippen molar-refractivity contribution < 1.29 is 13.7 Å². The Kier molecular flexibility index (Phi) is 4.97. The maximum Gasteiger partial charge on any atom is 0.266 e. The molecule has 1 amide bonds. The zero-order chi connectivity index (χ0) is 21.4. The standard InChI is InChI=1S/C23H23N5O3/c1-14-19(15(2)31-27-14)13-20(29)28-11-8-17(9-12-28)22-25-26-23(30-22)21-18-6-4-3-5-16(18)7-10-24-21/h3-7,10,17H,8-9,11-13H2,1-2H3. The smallest absolute Gasteiger partial charge is 0.266 e. The largest absolute Gasteiger partial charge is 0.419 e. The molecule has 158 valence electrons. The minimum atomic E-state index is 0.0963. The lowest BCUT2D eigenvalue weighted by atomic mass is 9.96. The molecule has 0 radical (unpaired) electrons. The first-order chi connectivity index (χ1) is 15.1. The van der Waals surface area contributed by atoms with Gasteiger partial charge >= 0.3 is 0 Å². The molecule has 0 atom stereocenters. The van der Waals surface area contributed by atoms with Crippen LogP contribution in [0.4, 0.5) is 0 Å². The summed E-state index contributed by atoms with van der Waals surface area (Å²) in [5.41, 5.74) is 2.36. The maximum atomic E-state index is 12.7. The molecule has 0 N–H and O–H groups in total. The molecule has 5 rings (SSSR count). The summed E-state index contributed by atoms with van der Waals surface area (Å²) in [6.07, 6.45) is 3.66. The van der Waals surface area contributed by atoms with Gasteiger partial charge in [0.25, 0.3) is 5.89 Å². The van der Waals surface area contributed by atoms with E-state index in [1.165, 1.54) is 0 Å². The van der Waals surface area contributed by atoms with Crippen LogP contribution in [0.5, 0.6) is 0 Å². The fourth-order valence-corrected chi connectivity index (χ4v) is 4.18. The minimum Gasteiger partial charge on any atom is -0.419 e. The van der Waals surface area contributed by atoms with E-state index in [0.29, 0.717) is 42.7 Å². The zero-order valence-corrected chi connectivity index (χ0v) is 17.5. The summed E-state index contributed by atoms with van der Waals surface area (Å²) in [5.74, 6) is 1.99. The van der Waals surface area contributed by atoms with Gasteiger partial charge in [-0.1, -0.05) is 29.4 Å². The molecule has 4 heterocycles. The van der Waals surface area contributed by atoms with E-state index in [1.54, 1.807) is 6.20 Å². The predicted molar refractivity (Wildman–Crippen MR) is 113 cm³/mol. The van der Waals surface area contributed by atoms with Gasteiger partial charge in [0.1, 0.15) is 11.5 Å². The highest BCUT2D eigenvalue weighted by atomic mass is 16.5. The van der Waals surface area contributed by atoms with Gasteiger partial charge in [0.2, 0.25) is 11.8 Å². The topological polar surface area (TPSA) is 98.2 Å². The molecule has 0 spiro atoms. The van der Waals surface area contributed by atoms with Gasteiger partial charge in [-0.2, -0.15) is 0 Å². The van der Waals surface area contributed by atoms with Gasteiger partial charge in [0, 0.05) is 36.2 Å². The van der Waals surface area contributed by atoms with Crippen molar-refractivity contribution in [3.05, 3.63) is 59.4 Å². The van der Waals surface area contributed by atoms with Crippen LogP contribution in [0.1, 0.15) is 41.7 Å². The lowest BCUT2D eigenvalue weighted by Crippen LogP contribution is -2.39. The van der Waals surface area contributed by atoms with E-state index >= 15 is 0 Å². The molecule has 1 aliphatic heterocycles. The van der Waals surface area contributed by atoms with Crippen molar-refractivity contribution in [3.63, 3.8) is 0 Å². The molecule has 1 aliphatic rings. The average Bonchev–Trinajstić information content (AvgIpc) is 3.41. The van der Waals surface area contributed by atoms with Gasteiger partial charge in [-0.3, -0.25) is 9.78 Å². The Labute approximate surface area is 179 Å². The van der Waals surface area contributed by atoms with E-state index < -0.39 is 0 Å². The number of nitrogens with zero attached hydrogens (tertiary/aromatic N) is 5. The average molecular weight is 417 g/mol. The molecule has 1 aromatic carbocycles. The highest BCUT2D eigenvalue weighted by Gasteiger charge is 2.28. The fourth-order valence-electron chi connectivity index (χ4n) is 4.18. The number of rotatable bonds is 4. The van der Waals surface area contributed by atoms with Gasteiger partial charge in [-0.05, 0) is 38.1 Å². The van der Waals surface area contributed by atoms with Crippen LogP contribution < -0.4 is 0 Å². The number of hydrogen-bond donors (Lipinski definition) is 0. The third kappa shape index (κ3) is 3.69. The molecule has 4 aromatic rings. The van der Waals surface area contributed by atoms with Gasteiger partial charge in [-0.25, -0.2) is 0 Å². The summed E-state index contributed by atoms with van der Waals surface area (Å²) in [4.78, 5) is 19.1. The lowest BCUT2D eigenvalue weighted by molar-refractivity contribution is -0.131. The second kappa shape index (κ2) is 7.94. The monoisotopic (exact) mass is 417 g/mol. The van der Waals surface area contributed by atoms with E-state index in [1.807, 2.05) is 49.1 Å². The van der Waals surface area contributed by atoms with E-state index in [0.717, 1.165) is 34.9 Å². The third-order valence-corrected chi connectivity index (χ3v) is 6.02. The Hall–Kier alpha value is -3.55. The van der Waals surface area contributed by atoms with Crippen LogP contribution in [0.2, 0.25) is 0 Å². The van der Waals surface area contributed by atoms with Crippen molar-refractivity contribution in [3.8, 4) is 11.6 Å². The summed E-state index contributed by atoms with van der Waals surface area (Å²) in [5, 5.41) is 14.6. The first-order valence-electron chi connectivity index (χ1n) is 10.5. The highest BCUT2D eigenvalue weighted by Crippen LogP contribution is 2.31. The lowest BCUT2D eigenvalue weighted by Gasteiger charge is -2.30. The Balaban J connectivity index is 1.26. The van der Waals surface area contributed by atoms with E-state index in [2.05, 4.69) is 20.3 Å². The summed E-state index contributed by atoms with van der Waals surface area (Å²) < 4.78 is 11.2. The summed E-state index contributed by atoms with van der Waals surface area (Å²) >= 11 is 0. The van der Waals surface area contributed by atoms with Gasteiger partial charge in [0.15, 0.2) is 0 Å². The van der Waals surface area contributed by atoms with Crippen molar-refractivity contribution in [2.24, 2.45) is 0 Å². The number of pyridine rings is 1. The number of carbonyl (C=O) groups is 1. The van der Waals surface area contributed by atoms with Crippen LogP contribution in [0, 0.1) is 13.8 Å². The molecule has 8 nitrogen and oxygen atoms in total. The molecule has 1 saturated heterocycles. The third-order valence-electron chi connectivity index (χ3n) is 6.02. The van der Waals surface area contributed by atoms with Crippen LogP contribution in [0.3, 0.4) is 0 Å². The number of carbonyl (C=O) groups excluding carboxylic acids is 1. The van der Waals surface area contributed by atoms with E-state index in [9.17, 15) is 4.79 Å². The number of piperidine rings is 1. The Morgan fingerprint density at radius 3 is 2.71 bits per heavy atom. The maximum absolute atomic E-state index is 12.7. The number of hydrogen-bond acceptors (Lipinski definition) is 7. The van der Waals surface area contributed by atoms with Crippen LogP contribution >= 0.6 is 0 Å². The van der Waals surface area contributed by atoms with Crippen molar-refractivity contribution in [1.29, 1.82) is 0 Å². The van der Waals surface area contributed by atoms with E-state index in [4.69, 9.17) is 8.94 Å². The molecule has 31 heavy (non-hydrogen) atoms. The minimum absolute atomic E-state index is 0.0963. The van der Waals surface area contributed by atoms with Crippen molar-refractivity contribution >= 4 is 16.7 Å². The number of fused-ring (bicyclic) bond motifs is 1. The predicted octanol–water partition coefficient (Wildman–Crippen LogP) is 3.84. The van der Waals surface area contributed by atoms with Crippen molar-refractivity contribution in [2.45, 2.75) is 39.0 Å². The number of amides is 1. The molecule has 8 heteroatoms. The van der Waals surface area contributed by atoms with Crippen LogP contribution in [0.25, 0.3) is 22.4 Å². The Morgan fingerprint density at radius 1 is 1.13 bits per heavy atom. The molecule has 1 fully saturated rings. The highest BCUT2D eigenvalue weighted by molar-refractivity contribution is 5.92. The number of benzene rings is 1. The second-order valence-corrected chi connectivity index (χ2v) is 7.96. The summed E-state index contributed by atoms with van der Waals surface area (Å²) in [6, 6.07) is 9.97. The normalized spacial score (nSPS) is 15.0. The number of likely N-dealkylation sites (tertiary alicyclic amines) is 1. The summed E-state index contributed by atoms with van der Waals surface area (Å²) in [7, 11) is 0. The van der Waals surface area contributed by atoms with Crippen LogP contribution in [-0.2, 0) is 11.2 Å². The van der Waals surface area contributed by atoms with Crippen molar-refractivity contribution in [2.75, 3.05) is 13.1 Å². The van der Waals surface area contributed by atoms with E-state index in [-0.39, 0.29) is 11.8 Å². The fraction of sp³-hybridized carbons (Fsp3) is 0.348. The Bertz CT molecular complexity index is 1210. The molecule has 0 aliphatic carbocycles. The molecule has 0 unspecified atom stereocenters. The van der Waals surface area contributed by atoms with Gasteiger partial charge in [-0.15, -0.1) is 10.2 Å². The quantitative estimate of drug-likeness (QED) is 0.497. The molecular weight excluding hydrogens is 394 g/mol.